The van der Waals surface area contributed by atoms with Crippen molar-refractivity contribution in [1.29, 1.82) is 0 Å². The van der Waals surface area contributed by atoms with Gasteiger partial charge in [-0.25, -0.2) is 4.79 Å². The van der Waals surface area contributed by atoms with Crippen LogP contribution in [0.1, 0.15) is 25.0 Å². The van der Waals surface area contributed by atoms with Crippen molar-refractivity contribution in [3.05, 3.63) is 75.8 Å². The number of carbonyl (C=O) groups excluding carboxylic acids is 2. The Labute approximate surface area is 191 Å². The van der Waals surface area contributed by atoms with E-state index < -0.39 is 35.3 Å². The van der Waals surface area contributed by atoms with Crippen LogP contribution in [0.5, 0.6) is 0 Å². The molecule has 0 radical (unpaired) electrons. The minimum atomic E-state index is -1.22. The third kappa shape index (κ3) is 6.27. The van der Waals surface area contributed by atoms with Crippen molar-refractivity contribution in [1.82, 2.24) is 10.2 Å². The molecule has 1 aliphatic rings. The molecule has 33 heavy (non-hydrogen) atoms. The number of nitro benzene ring substituents is 1. The summed E-state index contributed by atoms with van der Waals surface area (Å²) in [6.45, 7) is 3.51. The van der Waals surface area contributed by atoms with Crippen molar-refractivity contribution in [2.75, 3.05) is 6.73 Å². The van der Waals surface area contributed by atoms with Crippen molar-refractivity contribution in [2.24, 2.45) is 5.92 Å². The van der Waals surface area contributed by atoms with Gasteiger partial charge in [0.2, 0.25) is 5.91 Å². The van der Waals surface area contributed by atoms with Crippen LogP contribution in [0.3, 0.4) is 0 Å². The van der Waals surface area contributed by atoms with Crippen molar-refractivity contribution < 1.29 is 29.1 Å². The Morgan fingerprint density at radius 2 is 1.85 bits per heavy atom. The van der Waals surface area contributed by atoms with E-state index in [0.29, 0.717) is 5.56 Å². The Kier molecular flexibility index (Phi) is 7.96. The molecule has 0 unspecified atom stereocenters. The summed E-state index contributed by atoms with van der Waals surface area (Å²) in [6.07, 6.45) is -1.71. The molecule has 3 rings (SSSR count). The lowest BCUT2D eigenvalue weighted by atomic mass is 10.00. The van der Waals surface area contributed by atoms with Crippen molar-refractivity contribution in [3.63, 3.8) is 0 Å². The summed E-state index contributed by atoms with van der Waals surface area (Å²) >= 11 is 0. The van der Waals surface area contributed by atoms with E-state index in [4.69, 9.17) is 9.47 Å². The Hall–Kier alpha value is -3.50. The van der Waals surface area contributed by atoms with Crippen LogP contribution < -0.4 is 5.32 Å². The van der Waals surface area contributed by atoms with Gasteiger partial charge in [0.05, 0.1) is 11.0 Å². The van der Waals surface area contributed by atoms with Crippen LogP contribution in [-0.4, -0.2) is 52.0 Å². The van der Waals surface area contributed by atoms with Crippen LogP contribution in [-0.2, 0) is 27.3 Å². The highest BCUT2D eigenvalue weighted by Gasteiger charge is 2.41. The highest BCUT2D eigenvalue weighted by molar-refractivity contribution is 5.86. The Balaban J connectivity index is 1.65. The molecule has 10 nitrogen and oxygen atoms in total. The number of aliphatic hydroxyl groups excluding tert-OH is 1. The predicted octanol–water partition coefficient (Wildman–Crippen LogP) is 2.59. The first-order chi connectivity index (χ1) is 15.8. The maximum Gasteiger partial charge on any atom is 0.408 e. The zero-order chi connectivity index (χ0) is 24.0. The molecule has 1 aliphatic heterocycles. The number of hydrogen-bond donors (Lipinski definition) is 2. The van der Waals surface area contributed by atoms with Gasteiger partial charge in [0, 0.05) is 12.1 Å². The number of carbonyl (C=O) groups is 2. The molecule has 0 aliphatic carbocycles. The number of hydrogen-bond acceptors (Lipinski definition) is 7. The molecule has 2 aromatic carbocycles. The van der Waals surface area contributed by atoms with Gasteiger partial charge in [0.15, 0.2) is 6.29 Å². The number of nitrogens with zero attached hydrogens (tertiary/aromatic N) is 2. The molecule has 176 valence electrons. The average Bonchev–Trinajstić information content (AvgIpc) is 3.16. The smallest absolute Gasteiger partial charge is 0.408 e. The number of non-ortho nitro benzene ring substituents is 1. The molecule has 1 saturated heterocycles. The summed E-state index contributed by atoms with van der Waals surface area (Å²) in [5, 5.41) is 23.8. The number of rotatable bonds is 8. The standard InChI is InChI=1S/C23H27N3O7/c1-15(2)20(24-23(29)32-13-17-6-4-3-5-7-17)21(27)25-14-33-22(28)19(25)12-16-8-10-18(11-9-16)26(30)31/h3-11,15,19-20,22,28H,12-14H2,1-2H3,(H,24,29)/t19-,20-,22+/m0/s1. The summed E-state index contributed by atoms with van der Waals surface area (Å²) < 4.78 is 10.5. The molecule has 10 heteroatoms. The van der Waals surface area contributed by atoms with Crippen molar-refractivity contribution in [2.45, 2.75) is 45.2 Å². The normalized spacial score (nSPS) is 18.7. The molecule has 0 bridgehead atoms. The largest absolute Gasteiger partial charge is 0.445 e. The highest BCUT2D eigenvalue weighted by atomic mass is 16.6. The maximum absolute atomic E-state index is 13.3. The number of nitrogens with one attached hydrogen (secondary N) is 1. The third-order valence-corrected chi connectivity index (χ3v) is 5.41. The molecule has 1 heterocycles. The summed E-state index contributed by atoms with van der Waals surface area (Å²) in [4.78, 5) is 37.3. The summed E-state index contributed by atoms with van der Waals surface area (Å²) in [5.74, 6) is -0.662. The van der Waals surface area contributed by atoms with Gasteiger partial charge in [-0.3, -0.25) is 14.9 Å². The van der Waals surface area contributed by atoms with E-state index in [1.54, 1.807) is 26.0 Å². The van der Waals surface area contributed by atoms with Gasteiger partial charge >= 0.3 is 6.09 Å². The second-order valence-electron chi connectivity index (χ2n) is 8.12. The number of alkyl carbamates (subject to hydrolysis) is 1. The van der Waals surface area contributed by atoms with Crippen LogP contribution in [0.15, 0.2) is 54.6 Å². The number of nitro groups is 1. The summed E-state index contributed by atoms with van der Waals surface area (Å²) in [6, 6.07) is 13.5. The average molecular weight is 457 g/mol. The second kappa shape index (κ2) is 10.9. The molecule has 3 atom stereocenters. The molecule has 0 spiro atoms. The van der Waals surface area contributed by atoms with Gasteiger partial charge in [-0.05, 0) is 23.5 Å². The van der Waals surface area contributed by atoms with Crippen LogP contribution >= 0.6 is 0 Å². The number of amides is 2. The second-order valence-corrected chi connectivity index (χ2v) is 8.12. The Morgan fingerprint density at radius 3 is 2.45 bits per heavy atom. The topological polar surface area (TPSA) is 131 Å². The quantitative estimate of drug-likeness (QED) is 0.460. The van der Waals surface area contributed by atoms with E-state index >= 15 is 0 Å². The molecule has 2 aromatic rings. The summed E-state index contributed by atoms with van der Waals surface area (Å²) in [5.41, 5.74) is 1.47. The first-order valence-corrected chi connectivity index (χ1v) is 10.6. The fourth-order valence-electron chi connectivity index (χ4n) is 3.53. The van der Waals surface area contributed by atoms with Gasteiger partial charge in [-0.1, -0.05) is 56.3 Å². The minimum Gasteiger partial charge on any atom is -0.445 e. The van der Waals surface area contributed by atoms with Crippen LogP contribution in [0, 0.1) is 16.0 Å². The maximum atomic E-state index is 13.3. The van der Waals surface area contributed by atoms with Gasteiger partial charge in [0.1, 0.15) is 19.4 Å². The number of ether oxygens (including phenoxy) is 2. The fourth-order valence-corrected chi connectivity index (χ4v) is 3.53. The fraction of sp³-hybridized carbons (Fsp3) is 0.391. The van der Waals surface area contributed by atoms with Crippen LogP contribution in [0.2, 0.25) is 0 Å². The van der Waals surface area contributed by atoms with E-state index in [1.165, 1.54) is 17.0 Å². The molecule has 2 amide bonds. The zero-order valence-electron chi connectivity index (χ0n) is 18.4. The van der Waals surface area contributed by atoms with E-state index in [-0.39, 0.29) is 31.4 Å². The van der Waals surface area contributed by atoms with E-state index in [9.17, 15) is 24.8 Å². The lowest BCUT2D eigenvalue weighted by molar-refractivity contribution is -0.384. The SMILES string of the molecule is CC(C)[C@H](NC(=O)OCc1ccccc1)C(=O)N1CO[C@@H](O)[C@@H]1Cc1ccc([N+](=O)[O-])cc1. The highest BCUT2D eigenvalue weighted by Crippen LogP contribution is 2.23. The Bertz CT molecular complexity index is 966. The molecule has 0 aromatic heterocycles. The van der Waals surface area contributed by atoms with E-state index in [0.717, 1.165) is 5.56 Å². The Morgan fingerprint density at radius 1 is 1.18 bits per heavy atom. The number of benzene rings is 2. The third-order valence-electron chi connectivity index (χ3n) is 5.41. The molecule has 0 saturated carbocycles. The monoisotopic (exact) mass is 457 g/mol. The molecule has 1 fully saturated rings. The van der Waals surface area contributed by atoms with E-state index in [1.807, 2.05) is 30.3 Å². The van der Waals surface area contributed by atoms with Crippen LogP contribution in [0.25, 0.3) is 0 Å². The first-order valence-electron chi connectivity index (χ1n) is 10.6. The zero-order valence-corrected chi connectivity index (χ0v) is 18.4. The minimum absolute atomic E-state index is 0.0482. The van der Waals surface area contributed by atoms with Crippen molar-refractivity contribution >= 4 is 17.7 Å². The van der Waals surface area contributed by atoms with Crippen molar-refractivity contribution in [3.8, 4) is 0 Å². The molecular formula is C23H27N3O7. The first kappa shape index (κ1) is 24.1. The predicted molar refractivity (Wildman–Crippen MR) is 118 cm³/mol. The van der Waals surface area contributed by atoms with Gasteiger partial charge in [-0.2, -0.15) is 0 Å². The lowest BCUT2D eigenvalue weighted by Crippen LogP contribution is -2.53. The van der Waals surface area contributed by atoms with Gasteiger partial charge in [-0.15, -0.1) is 0 Å². The molecule has 2 N–H and O–H groups in total. The van der Waals surface area contributed by atoms with E-state index in [2.05, 4.69) is 5.32 Å². The lowest BCUT2D eigenvalue weighted by Gasteiger charge is -2.30. The molecular weight excluding hydrogens is 430 g/mol. The van der Waals surface area contributed by atoms with Crippen LogP contribution in [0.4, 0.5) is 10.5 Å². The number of aliphatic hydroxyl groups is 1. The van der Waals surface area contributed by atoms with Gasteiger partial charge < -0.3 is 24.8 Å². The summed E-state index contributed by atoms with van der Waals surface area (Å²) in [7, 11) is 0. The van der Waals surface area contributed by atoms with Gasteiger partial charge in [0.25, 0.3) is 5.69 Å².